The molecule has 2 aromatic carbocycles. The largest absolute Gasteiger partial charge is 0.492 e. The Bertz CT molecular complexity index is 766. The van der Waals surface area contributed by atoms with Crippen LogP contribution in [0, 0.1) is 0 Å². The molecule has 1 atom stereocenters. The predicted molar refractivity (Wildman–Crippen MR) is 100.0 cm³/mol. The molecule has 0 saturated heterocycles. The summed E-state index contributed by atoms with van der Waals surface area (Å²) in [5.41, 5.74) is 1.50. The number of nitrogens with one attached hydrogen (secondary N) is 1. The molecule has 0 saturated carbocycles. The van der Waals surface area contributed by atoms with Crippen molar-refractivity contribution in [2.24, 2.45) is 0 Å². The Morgan fingerprint density at radius 2 is 2.16 bits per heavy atom. The number of hydrogen-bond acceptors (Lipinski definition) is 4. The summed E-state index contributed by atoms with van der Waals surface area (Å²) in [6.45, 7) is 5.26. The predicted octanol–water partition coefficient (Wildman–Crippen LogP) is 3.96. The lowest BCUT2D eigenvalue weighted by atomic mass is 10.2. The van der Waals surface area contributed by atoms with Crippen LogP contribution in [0.3, 0.4) is 0 Å². The van der Waals surface area contributed by atoms with E-state index in [9.17, 15) is 4.79 Å². The first-order chi connectivity index (χ1) is 12.1. The zero-order valence-electron chi connectivity index (χ0n) is 14.3. The highest BCUT2D eigenvalue weighted by Gasteiger charge is 2.25. The molecule has 132 valence electrons. The van der Waals surface area contributed by atoms with E-state index in [0.29, 0.717) is 29.6 Å². The first-order valence-corrected chi connectivity index (χ1v) is 8.67. The van der Waals surface area contributed by atoms with Gasteiger partial charge in [0.1, 0.15) is 17.6 Å². The van der Waals surface area contributed by atoms with Gasteiger partial charge < -0.3 is 19.7 Å². The van der Waals surface area contributed by atoms with Crippen LogP contribution >= 0.6 is 11.6 Å². The van der Waals surface area contributed by atoms with Gasteiger partial charge >= 0.3 is 0 Å². The van der Waals surface area contributed by atoms with Crippen molar-refractivity contribution in [3.63, 3.8) is 0 Å². The Morgan fingerprint density at radius 1 is 1.36 bits per heavy atom. The molecule has 5 nitrogen and oxygen atoms in total. The van der Waals surface area contributed by atoms with Crippen molar-refractivity contribution >= 4 is 28.9 Å². The van der Waals surface area contributed by atoms with Gasteiger partial charge in [-0.15, -0.1) is 0 Å². The van der Waals surface area contributed by atoms with Gasteiger partial charge in [-0.1, -0.05) is 23.7 Å². The molecule has 0 aromatic heterocycles. The fraction of sp³-hybridized carbons (Fsp3) is 0.316. The van der Waals surface area contributed by atoms with E-state index >= 15 is 0 Å². The Labute approximate surface area is 152 Å². The van der Waals surface area contributed by atoms with E-state index in [1.807, 2.05) is 55.1 Å². The van der Waals surface area contributed by atoms with Crippen LogP contribution in [0.2, 0.25) is 5.02 Å². The van der Waals surface area contributed by atoms with Crippen molar-refractivity contribution in [1.82, 2.24) is 0 Å². The summed E-state index contributed by atoms with van der Waals surface area (Å²) in [4.78, 5) is 14.5. The van der Waals surface area contributed by atoms with Crippen LogP contribution in [-0.4, -0.2) is 31.7 Å². The number of carbonyl (C=O) groups is 1. The number of nitrogens with zero attached hydrogens (tertiary/aromatic N) is 1. The summed E-state index contributed by atoms with van der Waals surface area (Å²) >= 11 is 6.10. The van der Waals surface area contributed by atoms with E-state index in [-0.39, 0.29) is 18.6 Å². The minimum absolute atomic E-state index is 0.00261. The Balaban J connectivity index is 1.75. The highest BCUT2D eigenvalue weighted by molar-refractivity contribution is 6.31. The van der Waals surface area contributed by atoms with Gasteiger partial charge in [-0.25, -0.2) is 0 Å². The summed E-state index contributed by atoms with van der Waals surface area (Å²) in [5.74, 6) is 1.29. The molecule has 25 heavy (non-hydrogen) atoms. The molecule has 0 spiro atoms. The highest BCUT2D eigenvalue weighted by atomic mass is 35.5. The van der Waals surface area contributed by atoms with Crippen LogP contribution in [0.5, 0.6) is 11.5 Å². The summed E-state index contributed by atoms with van der Waals surface area (Å²) < 4.78 is 11.4. The molecule has 1 unspecified atom stereocenters. The van der Waals surface area contributed by atoms with E-state index < -0.39 is 0 Å². The van der Waals surface area contributed by atoms with E-state index in [1.54, 1.807) is 6.07 Å². The Kier molecular flexibility index (Phi) is 5.34. The lowest BCUT2D eigenvalue weighted by Gasteiger charge is -2.34. The van der Waals surface area contributed by atoms with Crippen LogP contribution in [-0.2, 0) is 4.79 Å². The number of hydrogen-bond donors (Lipinski definition) is 1. The number of benzene rings is 2. The van der Waals surface area contributed by atoms with Crippen LogP contribution < -0.4 is 19.7 Å². The molecule has 0 fully saturated rings. The number of carbonyl (C=O) groups excluding carboxylic acids is 1. The minimum Gasteiger partial charge on any atom is -0.492 e. The van der Waals surface area contributed by atoms with Gasteiger partial charge in [-0.2, -0.15) is 0 Å². The van der Waals surface area contributed by atoms with Crippen molar-refractivity contribution in [2.75, 3.05) is 29.9 Å². The Hall–Kier alpha value is -2.40. The van der Waals surface area contributed by atoms with Crippen molar-refractivity contribution < 1.29 is 14.3 Å². The molecule has 1 aliphatic rings. The average molecular weight is 361 g/mol. The Morgan fingerprint density at radius 3 is 2.96 bits per heavy atom. The van der Waals surface area contributed by atoms with Crippen LogP contribution in [0.4, 0.5) is 11.4 Å². The molecular formula is C19H21ClN2O3. The smallest absolute Gasteiger partial charge is 0.243 e. The third-order valence-corrected chi connectivity index (χ3v) is 4.10. The summed E-state index contributed by atoms with van der Waals surface area (Å²) in [7, 11) is 0. The lowest BCUT2D eigenvalue weighted by Crippen LogP contribution is -2.42. The molecule has 0 aliphatic carbocycles. The monoisotopic (exact) mass is 360 g/mol. The number of fused-ring (bicyclic) bond motifs is 1. The third-order valence-electron chi connectivity index (χ3n) is 3.86. The van der Waals surface area contributed by atoms with Gasteiger partial charge in [0.25, 0.3) is 0 Å². The van der Waals surface area contributed by atoms with Gasteiger partial charge in [-0.3, -0.25) is 4.79 Å². The van der Waals surface area contributed by atoms with Crippen LogP contribution in [0.25, 0.3) is 0 Å². The van der Waals surface area contributed by atoms with Gasteiger partial charge in [-0.05, 0) is 44.2 Å². The van der Waals surface area contributed by atoms with Crippen LogP contribution in [0.15, 0.2) is 42.5 Å². The average Bonchev–Trinajstić information content (AvgIpc) is 2.57. The lowest BCUT2D eigenvalue weighted by molar-refractivity contribution is -0.115. The van der Waals surface area contributed by atoms with Crippen molar-refractivity contribution in [2.45, 2.75) is 20.0 Å². The number of ether oxygens (including phenoxy) is 2. The van der Waals surface area contributed by atoms with E-state index in [4.69, 9.17) is 21.1 Å². The van der Waals surface area contributed by atoms with Gasteiger partial charge in [0.05, 0.1) is 31.1 Å². The first kappa shape index (κ1) is 17.4. The first-order valence-electron chi connectivity index (χ1n) is 8.29. The molecule has 2 aromatic rings. The fourth-order valence-corrected chi connectivity index (χ4v) is 3.03. The second-order valence-corrected chi connectivity index (χ2v) is 6.33. The van der Waals surface area contributed by atoms with E-state index in [1.165, 1.54) is 0 Å². The number of halogens is 1. The van der Waals surface area contributed by atoms with E-state index in [2.05, 4.69) is 5.32 Å². The minimum atomic E-state index is -0.118. The summed E-state index contributed by atoms with van der Waals surface area (Å²) in [6.07, 6.45) is -0.00261. The fourth-order valence-electron chi connectivity index (χ4n) is 2.86. The number of anilines is 2. The molecule has 1 heterocycles. The van der Waals surface area contributed by atoms with Crippen LogP contribution in [0.1, 0.15) is 13.8 Å². The van der Waals surface area contributed by atoms with Crippen molar-refractivity contribution in [3.8, 4) is 11.5 Å². The maximum Gasteiger partial charge on any atom is 0.243 e. The van der Waals surface area contributed by atoms with Gasteiger partial charge in [0, 0.05) is 5.02 Å². The summed E-state index contributed by atoms with van der Waals surface area (Å²) in [6, 6.07) is 12.9. The van der Waals surface area contributed by atoms with Crippen molar-refractivity contribution in [1.29, 1.82) is 0 Å². The maximum atomic E-state index is 12.6. The SMILES string of the molecule is CCOc1ccccc1NC(=O)CN1CC(C)Oc2ccc(Cl)cc21. The maximum absolute atomic E-state index is 12.6. The summed E-state index contributed by atoms with van der Waals surface area (Å²) in [5, 5.41) is 3.54. The zero-order chi connectivity index (χ0) is 17.8. The van der Waals surface area contributed by atoms with Crippen molar-refractivity contribution in [3.05, 3.63) is 47.5 Å². The van der Waals surface area contributed by atoms with Gasteiger partial charge in [0.2, 0.25) is 5.91 Å². The topological polar surface area (TPSA) is 50.8 Å². The molecule has 1 amide bonds. The molecular weight excluding hydrogens is 340 g/mol. The second-order valence-electron chi connectivity index (χ2n) is 5.90. The standard InChI is InChI=1S/C19H21ClN2O3/c1-3-24-17-7-5-4-6-15(17)21-19(23)12-22-11-13(2)25-18-9-8-14(20)10-16(18)22/h4-10,13H,3,11-12H2,1-2H3,(H,21,23). The number of amides is 1. The molecule has 0 radical (unpaired) electrons. The molecule has 3 rings (SSSR count). The third kappa shape index (κ3) is 4.17. The number of para-hydroxylation sites is 2. The molecule has 1 N–H and O–H groups in total. The van der Waals surface area contributed by atoms with E-state index in [0.717, 1.165) is 11.4 Å². The zero-order valence-corrected chi connectivity index (χ0v) is 15.0. The van der Waals surface area contributed by atoms with Gasteiger partial charge in [0.15, 0.2) is 0 Å². The highest BCUT2D eigenvalue weighted by Crippen LogP contribution is 2.35. The molecule has 0 bridgehead atoms. The number of rotatable bonds is 5. The molecule has 6 heteroatoms. The molecule has 1 aliphatic heterocycles. The normalized spacial score (nSPS) is 16.0. The quantitative estimate of drug-likeness (QED) is 0.876. The second kappa shape index (κ2) is 7.66.